The molecule has 0 spiro atoms. The summed E-state index contributed by atoms with van der Waals surface area (Å²) in [5.41, 5.74) is 5.65. The number of pyridine rings is 1. The van der Waals surface area contributed by atoms with Crippen LogP contribution in [-0.2, 0) is 16.6 Å². The monoisotopic (exact) mass is 417 g/mol. The molecule has 2 aromatic carbocycles. The Morgan fingerprint density at radius 2 is 1.77 bits per heavy atom. The van der Waals surface area contributed by atoms with Gasteiger partial charge in [-0.1, -0.05) is 48.5 Å². The average molecular weight is 418 g/mol. The van der Waals surface area contributed by atoms with Crippen LogP contribution in [-0.4, -0.2) is 24.4 Å². The number of hydrogen-bond donors (Lipinski definition) is 1. The molecule has 0 bridgehead atoms. The lowest BCUT2D eigenvalue weighted by atomic mass is 9.98. The first kappa shape index (κ1) is 20.1. The number of hydrogen-bond acceptors (Lipinski definition) is 4. The lowest BCUT2D eigenvalue weighted by Gasteiger charge is -2.13. The summed E-state index contributed by atoms with van der Waals surface area (Å²) in [6, 6.07) is 21.4. The molecule has 2 heterocycles. The van der Waals surface area contributed by atoms with E-state index in [-0.39, 0.29) is 4.90 Å². The van der Waals surface area contributed by atoms with Crippen molar-refractivity contribution in [2.75, 3.05) is 7.05 Å². The number of aryl methyl sites for hydroxylation is 1. The summed E-state index contributed by atoms with van der Waals surface area (Å²) in [7, 11) is -1.93. The highest BCUT2D eigenvalue weighted by atomic mass is 32.2. The Balaban J connectivity index is 1.85. The van der Waals surface area contributed by atoms with Crippen molar-refractivity contribution in [2.24, 2.45) is 0 Å². The zero-order valence-electron chi connectivity index (χ0n) is 16.9. The minimum absolute atomic E-state index is 0.163. The maximum absolute atomic E-state index is 13.3. The molecule has 30 heavy (non-hydrogen) atoms. The van der Waals surface area contributed by atoms with Gasteiger partial charge in [-0.25, -0.2) is 12.4 Å². The van der Waals surface area contributed by atoms with Gasteiger partial charge in [0.05, 0.1) is 5.69 Å². The normalized spacial score (nSPS) is 11.5. The molecule has 1 N–H and O–H groups in total. The summed E-state index contributed by atoms with van der Waals surface area (Å²) >= 11 is 0. The SMILES string of the molecule is CNCc1cc(-c2ccc(-c3ccccc3)cc2C)n(S(=O)(=O)c2cccnc2)c1. The van der Waals surface area contributed by atoms with E-state index >= 15 is 0 Å². The quantitative estimate of drug-likeness (QED) is 0.502. The molecule has 0 unspecified atom stereocenters. The summed E-state index contributed by atoms with van der Waals surface area (Å²) in [5, 5.41) is 3.09. The number of rotatable bonds is 6. The molecule has 152 valence electrons. The Morgan fingerprint density at radius 1 is 0.967 bits per heavy atom. The Hall–Kier alpha value is -3.22. The summed E-state index contributed by atoms with van der Waals surface area (Å²) in [4.78, 5) is 4.14. The Labute approximate surface area is 177 Å². The van der Waals surface area contributed by atoms with E-state index in [0.717, 1.165) is 27.8 Å². The first-order valence-electron chi connectivity index (χ1n) is 9.68. The standard InChI is InChI=1S/C24H23N3O2S/c1-18-13-21(20-7-4-3-5-8-20)10-11-23(18)24-14-19(15-25-2)17-27(24)30(28,29)22-9-6-12-26-16-22/h3-14,16-17,25H,15H2,1-2H3. The predicted molar refractivity (Wildman–Crippen MR) is 120 cm³/mol. The Kier molecular flexibility index (Phi) is 5.53. The van der Waals surface area contributed by atoms with Crippen molar-refractivity contribution in [1.29, 1.82) is 0 Å². The smallest absolute Gasteiger partial charge is 0.269 e. The maximum atomic E-state index is 13.3. The van der Waals surface area contributed by atoms with Crippen LogP contribution in [0, 0.1) is 6.92 Å². The highest BCUT2D eigenvalue weighted by molar-refractivity contribution is 7.90. The lowest BCUT2D eigenvalue weighted by Crippen LogP contribution is -2.14. The molecule has 0 radical (unpaired) electrons. The molecule has 0 atom stereocenters. The van der Waals surface area contributed by atoms with Crippen molar-refractivity contribution in [3.05, 3.63) is 96.4 Å². The van der Waals surface area contributed by atoms with E-state index in [0.29, 0.717) is 12.2 Å². The molecule has 0 aliphatic heterocycles. The number of benzene rings is 2. The van der Waals surface area contributed by atoms with Crippen LogP contribution in [0.3, 0.4) is 0 Å². The van der Waals surface area contributed by atoms with Gasteiger partial charge in [0.25, 0.3) is 10.0 Å². The molecule has 0 aliphatic carbocycles. The van der Waals surface area contributed by atoms with Gasteiger partial charge in [0.15, 0.2) is 0 Å². The second-order valence-corrected chi connectivity index (χ2v) is 8.96. The van der Waals surface area contributed by atoms with E-state index in [2.05, 4.69) is 28.5 Å². The molecule has 4 rings (SSSR count). The third kappa shape index (κ3) is 3.79. The first-order valence-corrected chi connectivity index (χ1v) is 11.1. The van der Waals surface area contributed by atoms with E-state index in [4.69, 9.17) is 0 Å². The van der Waals surface area contributed by atoms with Gasteiger partial charge in [-0.15, -0.1) is 0 Å². The number of nitrogens with one attached hydrogen (secondary N) is 1. The van der Waals surface area contributed by atoms with Gasteiger partial charge < -0.3 is 5.32 Å². The fourth-order valence-electron chi connectivity index (χ4n) is 3.57. The molecule has 6 heteroatoms. The number of nitrogens with zero attached hydrogens (tertiary/aromatic N) is 2. The Morgan fingerprint density at radius 3 is 2.43 bits per heavy atom. The van der Waals surface area contributed by atoms with Crippen molar-refractivity contribution in [3.63, 3.8) is 0 Å². The van der Waals surface area contributed by atoms with Gasteiger partial charge in [0, 0.05) is 30.7 Å². The van der Waals surface area contributed by atoms with Crippen molar-refractivity contribution in [1.82, 2.24) is 14.3 Å². The molecule has 0 saturated carbocycles. The molecule has 2 aromatic heterocycles. The summed E-state index contributed by atoms with van der Waals surface area (Å²) in [5.74, 6) is 0. The van der Waals surface area contributed by atoms with Gasteiger partial charge in [-0.3, -0.25) is 4.98 Å². The van der Waals surface area contributed by atoms with E-state index in [9.17, 15) is 8.42 Å². The van der Waals surface area contributed by atoms with Crippen LogP contribution in [0.2, 0.25) is 0 Å². The van der Waals surface area contributed by atoms with Crippen molar-refractivity contribution in [3.8, 4) is 22.4 Å². The number of aromatic nitrogens is 2. The van der Waals surface area contributed by atoms with Crippen molar-refractivity contribution < 1.29 is 8.42 Å². The molecule has 5 nitrogen and oxygen atoms in total. The highest BCUT2D eigenvalue weighted by Crippen LogP contribution is 2.32. The van der Waals surface area contributed by atoms with Crippen LogP contribution < -0.4 is 5.32 Å². The third-order valence-corrected chi connectivity index (χ3v) is 6.68. The van der Waals surface area contributed by atoms with E-state index in [1.54, 1.807) is 24.5 Å². The summed E-state index contributed by atoms with van der Waals surface area (Å²) in [6.45, 7) is 2.58. The molecule has 0 fully saturated rings. The van der Waals surface area contributed by atoms with Crippen molar-refractivity contribution >= 4 is 10.0 Å². The molecule has 4 aromatic rings. The van der Waals surface area contributed by atoms with E-state index < -0.39 is 10.0 Å². The van der Waals surface area contributed by atoms with Crippen LogP contribution in [0.15, 0.2) is 90.2 Å². The van der Waals surface area contributed by atoms with Crippen LogP contribution in [0.25, 0.3) is 22.4 Å². The van der Waals surface area contributed by atoms with Crippen LogP contribution in [0.5, 0.6) is 0 Å². The topological polar surface area (TPSA) is 64.0 Å². The Bertz CT molecular complexity index is 1260. The lowest BCUT2D eigenvalue weighted by molar-refractivity contribution is 0.587. The van der Waals surface area contributed by atoms with Gasteiger partial charge in [0.1, 0.15) is 4.90 Å². The molecule has 0 saturated heterocycles. The van der Waals surface area contributed by atoms with Gasteiger partial charge >= 0.3 is 0 Å². The fraction of sp³-hybridized carbons (Fsp3) is 0.125. The average Bonchev–Trinajstić information content (AvgIpc) is 3.20. The minimum Gasteiger partial charge on any atom is -0.316 e. The van der Waals surface area contributed by atoms with Crippen molar-refractivity contribution in [2.45, 2.75) is 18.4 Å². The largest absolute Gasteiger partial charge is 0.316 e. The second-order valence-electron chi connectivity index (χ2n) is 7.15. The summed E-state index contributed by atoms with van der Waals surface area (Å²) in [6.07, 6.45) is 4.62. The fourth-order valence-corrected chi connectivity index (χ4v) is 4.92. The maximum Gasteiger partial charge on any atom is 0.269 e. The zero-order chi connectivity index (χ0) is 21.1. The van der Waals surface area contributed by atoms with Crippen LogP contribution in [0.4, 0.5) is 0 Å². The van der Waals surface area contributed by atoms with Gasteiger partial charge in [-0.05, 0) is 54.4 Å². The second kappa shape index (κ2) is 8.26. The third-order valence-electron chi connectivity index (χ3n) is 5.02. The molecule has 0 aliphatic rings. The minimum atomic E-state index is -3.77. The summed E-state index contributed by atoms with van der Waals surface area (Å²) < 4.78 is 28.1. The van der Waals surface area contributed by atoms with Gasteiger partial charge in [-0.2, -0.15) is 0 Å². The molecular formula is C24H23N3O2S. The highest BCUT2D eigenvalue weighted by Gasteiger charge is 2.22. The van der Waals surface area contributed by atoms with Gasteiger partial charge in [0.2, 0.25) is 0 Å². The molecule has 0 amide bonds. The van der Waals surface area contributed by atoms with E-state index in [1.165, 1.54) is 10.2 Å². The van der Waals surface area contributed by atoms with Crippen LogP contribution in [0.1, 0.15) is 11.1 Å². The van der Waals surface area contributed by atoms with E-state index in [1.807, 2.05) is 50.4 Å². The molecular weight excluding hydrogens is 394 g/mol. The van der Waals surface area contributed by atoms with Crippen LogP contribution >= 0.6 is 0 Å². The first-order chi connectivity index (χ1) is 14.5. The predicted octanol–water partition coefficient (Wildman–Crippen LogP) is 4.48. The zero-order valence-corrected chi connectivity index (χ0v) is 17.7.